The minimum atomic E-state index is -4.41. The normalized spacial score (nSPS) is 26.4. The second kappa shape index (κ2) is 14.7. The number of methoxy groups -OCH3 is 1. The predicted molar refractivity (Wildman–Crippen MR) is 135 cm³/mol. The van der Waals surface area contributed by atoms with Crippen LogP contribution in [-0.2, 0) is 20.4 Å². The number of carbonyl (C=O) groups is 1. The standard InChI is InChI=1S/C22H31F3N4O3.2C2H6/c1-31-20-14-32-9-4-19(20)27-17-3-2-15(10-17)21(30)29-7-5-28(6-8-29)18-11-16(12-26-13-18)22(23,24)25;2*1-2/h11-13,15,17,19-20,27H,2-10,14H2,1H3;2*1-2H3. The number of alkyl halides is 3. The third-order valence-corrected chi connectivity index (χ3v) is 6.85. The van der Waals surface area contributed by atoms with Gasteiger partial charge in [-0.3, -0.25) is 9.78 Å². The first-order valence-electron chi connectivity index (χ1n) is 13.3. The first kappa shape index (κ1) is 30.3. The van der Waals surface area contributed by atoms with Gasteiger partial charge in [-0.2, -0.15) is 13.2 Å². The minimum absolute atomic E-state index is 0.00453. The highest BCUT2D eigenvalue weighted by molar-refractivity contribution is 5.79. The molecule has 0 spiro atoms. The highest BCUT2D eigenvalue weighted by atomic mass is 19.4. The van der Waals surface area contributed by atoms with Crippen molar-refractivity contribution < 1.29 is 27.4 Å². The lowest BCUT2D eigenvalue weighted by Crippen LogP contribution is -2.51. The lowest BCUT2D eigenvalue weighted by atomic mass is 10.0. The molecule has 36 heavy (non-hydrogen) atoms. The van der Waals surface area contributed by atoms with E-state index in [0.717, 1.165) is 44.6 Å². The Balaban J connectivity index is 0.00000109. The van der Waals surface area contributed by atoms with E-state index in [9.17, 15) is 18.0 Å². The van der Waals surface area contributed by atoms with Gasteiger partial charge in [-0.25, -0.2) is 0 Å². The molecule has 1 aromatic rings. The molecule has 1 amide bonds. The summed E-state index contributed by atoms with van der Waals surface area (Å²) in [6, 6.07) is 1.67. The number of nitrogens with one attached hydrogen (secondary N) is 1. The Morgan fingerprint density at radius 3 is 2.42 bits per heavy atom. The van der Waals surface area contributed by atoms with Crippen LogP contribution in [-0.4, -0.2) is 80.5 Å². The summed E-state index contributed by atoms with van der Waals surface area (Å²) in [6.07, 6.45) is 1.44. The topological polar surface area (TPSA) is 66.9 Å². The molecule has 3 heterocycles. The fourth-order valence-electron chi connectivity index (χ4n) is 4.99. The van der Waals surface area contributed by atoms with Gasteiger partial charge in [0.15, 0.2) is 0 Å². The first-order chi connectivity index (χ1) is 17.3. The summed E-state index contributed by atoms with van der Waals surface area (Å²) in [7, 11) is 1.70. The van der Waals surface area contributed by atoms with E-state index in [4.69, 9.17) is 9.47 Å². The molecule has 0 bridgehead atoms. The Kier molecular flexibility index (Phi) is 12.4. The molecule has 4 atom stereocenters. The number of hydrogen-bond donors (Lipinski definition) is 1. The lowest BCUT2D eigenvalue weighted by molar-refractivity contribution is -0.137. The number of ether oxygens (including phenoxy) is 2. The number of aromatic nitrogens is 1. The molecule has 3 fully saturated rings. The number of amides is 1. The summed E-state index contributed by atoms with van der Waals surface area (Å²) >= 11 is 0. The van der Waals surface area contributed by atoms with Crippen LogP contribution in [0.2, 0.25) is 0 Å². The molecule has 2 saturated heterocycles. The zero-order valence-corrected chi connectivity index (χ0v) is 22.3. The molecular weight excluding hydrogens is 473 g/mol. The number of halogens is 3. The van der Waals surface area contributed by atoms with Gasteiger partial charge in [-0.15, -0.1) is 0 Å². The molecule has 4 rings (SSSR count). The number of rotatable bonds is 5. The molecular formula is C26H43F3N4O3. The molecule has 1 aliphatic carbocycles. The van der Waals surface area contributed by atoms with Crippen LogP contribution < -0.4 is 10.2 Å². The van der Waals surface area contributed by atoms with E-state index in [1.54, 1.807) is 7.11 Å². The highest BCUT2D eigenvalue weighted by Crippen LogP contribution is 2.32. The quantitative estimate of drug-likeness (QED) is 0.627. The van der Waals surface area contributed by atoms with Crippen molar-refractivity contribution in [2.45, 2.75) is 77.7 Å². The van der Waals surface area contributed by atoms with Gasteiger partial charge >= 0.3 is 6.18 Å². The number of pyridine rings is 1. The largest absolute Gasteiger partial charge is 0.417 e. The molecule has 1 aromatic heterocycles. The van der Waals surface area contributed by atoms with Crippen molar-refractivity contribution in [1.82, 2.24) is 15.2 Å². The Hall–Kier alpha value is -1.91. The van der Waals surface area contributed by atoms with Crippen LogP contribution in [0.5, 0.6) is 0 Å². The Labute approximate surface area is 213 Å². The molecule has 1 N–H and O–H groups in total. The maximum absolute atomic E-state index is 13.1. The molecule has 206 valence electrons. The molecule has 0 radical (unpaired) electrons. The summed E-state index contributed by atoms with van der Waals surface area (Å²) in [4.78, 5) is 20.5. The number of nitrogens with zero attached hydrogens (tertiary/aromatic N) is 3. The number of hydrogen-bond acceptors (Lipinski definition) is 6. The van der Waals surface area contributed by atoms with Gasteiger partial charge < -0.3 is 24.6 Å². The molecule has 4 unspecified atom stereocenters. The summed E-state index contributed by atoms with van der Waals surface area (Å²) in [5, 5.41) is 3.67. The van der Waals surface area contributed by atoms with E-state index in [1.165, 1.54) is 6.20 Å². The van der Waals surface area contributed by atoms with Gasteiger partial charge in [0.2, 0.25) is 5.91 Å². The van der Waals surface area contributed by atoms with Crippen molar-refractivity contribution in [2.24, 2.45) is 5.92 Å². The average molecular weight is 517 g/mol. The lowest BCUT2D eigenvalue weighted by Gasteiger charge is -2.37. The number of carbonyl (C=O) groups excluding carboxylic acids is 1. The monoisotopic (exact) mass is 516 g/mol. The van der Waals surface area contributed by atoms with Crippen molar-refractivity contribution in [1.29, 1.82) is 0 Å². The van der Waals surface area contributed by atoms with Crippen LogP contribution in [0.3, 0.4) is 0 Å². The van der Waals surface area contributed by atoms with Gasteiger partial charge in [0, 0.05) is 64.1 Å². The maximum Gasteiger partial charge on any atom is 0.417 e. The molecule has 7 nitrogen and oxygen atoms in total. The van der Waals surface area contributed by atoms with Gasteiger partial charge in [0.25, 0.3) is 0 Å². The molecule has 3 aliphatic rings. The summed E-state index contributed by atoms with van der Waals surface area (Å²) < 4.78 is 49.9. The van der Waals surface area contributed by atoms with Gasteiger partial charge in [-0.1, -0.05) is 27.7 Å². The third kappa shape index (κ3) is 8.05. The molecule has 2 aliphatic heterocycles. The fraction of sp³-hybridized carbons (Fsp3) is 0.769. The van der Waals surface area contributed by atoms with Gasteiger partial charge in [0.1, 0.15) is 0 Å². The van der Waals surface area contributed by atoms with Crippen molar-refractivity contribution in [3.63, 3.8) is 0 Å². The van der Waals surface area contributed by atoms with Crippen LogP contribution in [0.4, 0.5) is 18.9 Å². The minimum Gasteiger partial charge on any atom is -0.379 e. The zero-order valence-electron chi connectivity index (χ0n) is 22.3. The van der Waals surface area contributed by atoms with E-state index in [-0.39, 0.29) is 24.0 Å². The van der Waals surface area contributed by atoms with Crippen LogP contribution >= 0.6 is 0 Å². The number of anilines is 1. The molecule has 10 heteroatoms. The van der Waals surface area contributed by atoms with E-state index in [2.05, 4.69) is 10.3 Å². The third-order valence-electron chi connectivity index (χ3n) is 6.85. The number of piperazine rings is 1. The fourth-order valence-corrected chi connectivity index (χ4v) is 4.99. The van der Waals surface area contributed by atoms with Crippen molar-refractivity contribution >= 4 is 11.6 Å². The van der Waals surface area contributed by atoms with Gasteiger partial charge in [-0.05, 0) is 31.7 Å². The average Bonchev–Trinajstić information content (AvgIpc) is 3.39. The highest BCUT2D eigenvalue weighted by Gasteiger charge is 2.37. The maximum atomic E-state index is 13.1. The van der Waals surface area contributed by atoms with Gasteiger partial charge in [0.05, 0.1) is 30.2 Å². The summed E-state index contributed by atoms with van der Waals surface area (Å²) in [6.45, 7) is 11.3. The molecule has 0 aromatic carbocycles. The smallest absolute Gasteiger partial charge is 0.379 e. The van der Waals surface area contributed by atoms with Crippen molar-refractivity contribution in [2.75, 3.05) is 51.4 Å². The van der Waals surface area contributed by atoms with E-state index in [0.29, 0.717) is 44.5 Å². The van der Waals surface area contributed by atoms with E-state index in [1.807, 2.05) is 37.5 Å². The summed E-state index contributed by atoms with van der Waals surface area (Å²) in [5.41, 5.74) is -0.306. The van der Waals surface area contributed by atoms with Crippen LogP contribution in [0, 0.1) is 5.92 Å². The zero-order chi connectivity index (χ0) is 26.7. The van der Waals surface area contributed by atoms with Crippen molar-refractivity contribution in [3.05, 3.63) is 24.0 Å². The van der Waals surface area contributed by atoms with Crippen molar-refractivity contribution in [3.8, 4) is 0 Å². The SMILES string of the molecule is CC.CC.COC1COCCC1NC1CCC(C(=O)N2CCN(c3cncc(C(F)(F)F)c3)CC2)C1. The molecule has 1 saturated carbocycles. The Bertz CT molecular complexity index is 788. The predicted octanol–water partition coefficient (Wildman–Crippen LogP) is 4.36. The van der Waals surface area contributed by atoms with Crippen LogP contribution in [0.25, 0.3) is 0 Å². The first-order valence-corrected chi connectivity index (χ1v) is 13.3. The Morgan fingerprint density at radius 2 is 1.78 bits per heavy atom. The second-order valence-corrected chi connectivity index (χ2v) is 8.86. The second-order valence-electron chi connectivity index (χ2n) is 8.86. The summed E-state index contributed by atoms with van der Waals surface area (Å²) in [5.74, 6) is 0.154. The Morgan fingerprint density at radius 1 is 1.08 bits per heavy atom. The van der Waals surface area contributed by atoms with E-state index >= 15 is 0 Å². The van der Waals surface area contributed by atoms with Crippen LogP contribution in [0.1, 0.15) is 58.9 Å². The van der Waals surface area contributed by atoms with E-state index < -0.39 is 11.7 Å². The van der Waals surface area contributed by atoms with Crippen LogP contribution in [0.15, 0.2) is 18.5 Å².